The zero-order valence-corrected chi connectivity index (χ0v) is 16.4. The topological polar surface area (TPSA) is 72.9 Å². The molecule has 3 atom stereocenters. The van der Waals surface area contributed by atoms with Crippen molar-refractivity contribution in [3.8, 4) is 0 Å². The van der Waals surface area contributed by atoms with Crippen LogP contribution >= 0.6 is 34.8 Å². The third-order valence-corrected chi connectivity index (χ3v) is 4.54. The number of Topliss-reactive ketones (excluding diaryl/α,β-unsaturated/α-hetero) is 1. The van der Waals surface area contributed by atoms with Crippen LogP contribution in [0.4, 0.5) is 4.79 Å². The van der Waals surface area contributed by atoms with Crippen molar-refractivity contribution in [3.05, 3.63) is 35.9 Å². The molecule has 0 spiro atoms. The zero-order chi connectivity index (χ0) is 19.5. The summed E-state index contributed by atoms with van der Waals surface area (Å²) in [6.07, 6.45) is -0.818. The summed E-state index contributed by atoms with van der Waals surface area (Å²) < 4.78 is 8.08. The number of alkyl halides is 3. The first-order valence-corrected chi connectivity index (χ1v) is 8.96. The first-order valence-electron chi connectivity index (χ1n) is 7.83. The van der Waals surface area contributed by atoms with Gasteiger partial charge in [-0.1, -0.05) is 72.1 Å². The lowest BCUT2D eigenvalue weighted by Crippen LogP contribution is -2.56. The Morgan fingerprint density at radius 1 is 1.23 bits per heavy atom. The number of rotatable bonds is 3. The van der Waals surface area contributed by atoms with Crippen LogP contribution in [0.3, 0.4) is 0 Å². The summed E-state index contributed by atoms with van der Waals surface area (Å²) in [6.45, 7) is 1.07. The van der Waals surface area contributed by atoms with Crippen LogP contribution < -0.4 is 0 Å². The van der Waals surface area contributed by atoms with Crippen molar-refractivity contribution in [1.29, 1.82) is 0 Å². The maximum Gasteiger partial charge on any atom is 0.411 e. The predicted octanol–water partition coefficient (Wildman–Crippen LogP) is 3.69. The van der Waals surface area contributed by atoms with Crippen LogP contribution in [0.2, 0.25) is 0 Å². The van der Waals surface area contributed by atoms with Gasteiger partial charge in [0.2, 0.25) is 3.79 Å². The molecule has 0 unspecified atom stereocenters. The molecule has 2 rings (SSSR count). The van der Waals surface area contributed by atoms with Gasteiger partial charge in [-0.15, -0.1) is 0 Å². The number of benzene rings is 1. The molecule has 1 heterocycles. The summed E-state index contributed by atoms with van der Waals surface area (Å²) >= 11 is 16.9. The van der Waals surface area contributed by atoms with E-state index in [0.29, 0.717) is 5.56 Å². The molecule has 142 valence electrons. The molecule has 1 aliphatic rings. The average molecular weight is 423 g/mol. The highest BCUT2D eigenvalue weighted by molar-refractivity contribution is 6.67. The zero-order valence-electron chi connectivity index (χ0n) is 14.2. The van der Waals surface area contributed by atoms with Crippen molar-refractivity contribution >= 4 is 52.6 Å². The van der Waals surface area contributed by atoms with Crippen molar-refractivity contribution in [2.45, 2.75) is 29.2 Å². The van der Waals surface area contributed by atoms with Crippen LogP contribution in [0.25, 0.3) is 0 Å². The molecule has 0 N–H and O–H groups in total. The molecular formula is C17H18Cl3NO5. The molecule has 0 radical (unpaired) electrons. The second-order valence-corrected chi connectivity index (χ2v) is 8.45. The Kier molecular flexibility index (Phi) is 6.77. The van der Waals surface area contributed by atoms with Gasteiger partial charge >= 0.3 is 12.1 Å². The smallest absolute Gasteiger partial charge is 0.411 e. The van der Waals surface area contributed by atoms with Gasteiger partial charge in [-0.25, -0.2) is 9.59 Å². The molecule has 0 aromatic heterocycles. The molecule has 6 nitrogen and oxygen atoms in total. The van der Waals surface area contributed by atoms with Gasteiger partial charge in [0.15, 0.2) is 0 Å². The summed E-state index contributed by atoms with van der Waals surface area (Å²) in [7, 11) is 1.19. The molecule has 1 fully saturated rings. The van der Waals surface area contributed by atoms with Crippen molar-refractivity contribution < 1.29 is 23.9 Å². The van der Waals surface area contributed by atoms with E-state index in [1.165, 1.54) is 12.0 Å². The second-order valence-electron chi connectivity index (χ2n) is 5.93. The first kappa shape index (κ1) is 20.8. The Hall–Kier alpha value is -1.50. The summed E-state index contributed by atoms with van der Waals surface area (Å²) in [5.74, 6) is -1.61. The van der Waals surface area contributed by atoms with Crippen molar-refractivity contribution in [2.75, 3.05) is 13.7 Å². The summed E-state index contributed by atoms with van der Waals surface area (Å²) in [6, 6.07) is 7.06. The second kappa shape index (κ2) is 8.46. The molecule has 1 aromatic rings. The fourth-order valence-corrected chi connectivity index (χ4v) is 3.10. The molecule has 1 aromatic carbocycles. The number of ether oxygens (including phenoxy) is 2. The maximum atomic E-state index is 12.7. The van der Waals surface area contributed by atoms with Gasteiger partial charge in [-0.3, -0.25) is 9.69 Å². The van der Waals surface area contributed by atoms with Gasteiger partial charge in [0.05, 0.1) is 13.2 Å². The highest BCUT2D eigenvalue weighted by Crippen LogP contribution is 2.37. The lowest BCUT2D eigenvalue weighted by Gasteiger charge is -2.42. The predicted molar refractivity (Wildman–Crippen MR) is 97.3 cm³/mol. The van der Waals surface area contributed by atoms with E-state index in [9.17, 15) is 14.4 Å². The van der Waals surface area contributed by atoms with Crippen LogP contribution in [-0.2, 0) is 19.1 Å². The van der Waals surface area contributed by atoms with E-state index in [1.807, 2.05) is 0 Å². The maximum absolute atomic E-state index is 12.7. The Labute approximate surface area is 166 Å². The molecule has 1 saturated heterocycles. The molecule has 0 saturated carbocycles. The fraction of sp³-hybridized carbons (Fsp3) is 0.471. The lowest BCUT2D eigenvalue weighted by atomic mass is 9.83. The number of methoxy groups -OCH3 is 1. The van der Waals surface area contributed by atoms with Crippen molar-refractivity contribution in [3.63, 3.8) is 0 Å². The van der Waals surface area contributed by atoms with Gasteiger partial charge in [-0.05, 0) is 5.56 Å². The number of nitrogens with zero attached hydrogens (tertiary/aromatic N) is 1. The highest BCUT2D eigenvalue weighted by atomic mass is 35.6. The van der Waals surface area contributed by atoms with Crippen LogP contribution in [-0.4, -0.2) is 46.3 Å². The van der Waals surface area contributed by atoms with Gasteiger partial charge in [0.1, 0.15) is 18.4 Å². The number of hydrogen-bond acceptors (Lipinski definition) is 5. The van der Waals surface area contributed by atoms with E-state index >= 15 is 0 Å². The van der Waals surface area contributed by atoms with Gasteiger partial charge in [-0.2, -0.15) is 0 Å². The normalized spacial score (nSPS) is 23.5. The summed E-state index contributed by atoms with van der Waals surface area (Å²) in [5.41, 5.74) is 0.687. The van der Waals surface area contributed by atoms with E-state index in [1.54, 1.807) is 37.3 Å². The third kappa shape index (κ3) is 4.81. The van der Waals surface area contributed by atoms with Crippen molar-refractivity contribution in [2.24, 2.45) is 5.92 Å². The van der Waals surface area contributed by atoms with Crippen LogP contribution in [0, 0.1) is 5.92 Å². The fourth-order valence-electron chi connectivity index (χ4n) is 2.94. The number of halogens is 3. The number of carbonyl (C=O) groups excluding carboxylic acids is 3. The SMILES string of the molecule is COC(=O)[C@H]1[C@H](C)C(=O)C[C@@H](c2ccccc2)N1C(=O)OCC(Cl)(Cl)Cl. The summed E-state index contributed by atoms with van der Waals surface area (Å²) in [5, 5.41) is 0. The molecule has 1 aliphatic heterocycles. The number of ketones is 1. The summed E-state index contributed by atoms with van der Waals surface area (Å²) in [4.78, 5) is 38.7. The number of carbonyl (C=O) groups is 3. The standard InChI is InChI=1S/C17H18Cl3NO5/c1-10-13(22)8-12(11-6-4-3-5-7-11)21(14(10)15(23)25-2)16(24)26-9-17(18,19)20/h3-7,10,12,14H,8-9H2,1-2H3/t10-,12+,14-/m1/s1. The van der Waals surface area contributed by atoms with Crippen LogP contribution in [0.5, 0.6) is 0 Å². The first-order chi connectivity index (χ1) is 12.2. The van der Waals surface area contributed by atoms with Gasteiger partial charge in [0.25, 0.3) is 0 Å². The molecule has 9 heteroatoms. The van der Waals surface area contributed by atoms with E-state index in [-0.39, 0.29) is 12.2 Å². The highest BCUT2D eigenvalue weighted by Gasteiger charge is 2.48. The molecule has 26 heavy (non-hydrogen) atoms. The van der Waals surface area contributed by atoms with E-state index in [0.717, 1.165) is 0 Å². The number of hydrogen-bond donors (Lipinski definition) is 0. The minimum absolute atomic E-state index is 0.0432. The third-order valence-electron chi connectivity index (χ3n) is 4.21. The molecule has 0 bridgehead atoms. The Bertz CT molecular complexity index is 677. The lowest BCUT2D eigenvalue weighted by molar-refractivity contribution is -0.155. The van der Waals surface area contributed by atoms with Crippen molar-refractivity contribution in [1.82, 2.24) is 4.90 Å². The number of amides is 1. The van der Waals surface area contributed by atoms with E-state index in [2.05, 4.69) is 0 Å². The Morgan fingerprint density at radius 2 is 1.85 bits per heavy atom. The van der Waals surface area contributed by atoms with Gasteiger partial charge in [0, 0.05) is 12.3 Å². The monoisotopic (exact) mass is 421 g/mol. The minimum Gasteiger partial charge on any atom is -0.467 e. The molecule has 0 aliphatic carbocycles. The van der Waals surface area contributed by atoms with Crippen LogP contribution in [0.1, 0.15) is 24.9 Å². The van der Waals surface area contributed by atoms with E-state index in [4.69, 9.17) is 44.3 Å². The average Bonchev–Trinajstić information content (AvgIpc) is 2.60. The Balaban J connectivity index is 2.42. The largest absolute Gasteiger partial charge is 0.467 e. The number of piperidine rings is 1. The number of likely N-dealkylation sites (tertiary alicyclic amines) is 1. The quantitative estimate of drug-likeness (QED) is 0.549. The van der Waals surface area contributed by atoms with Gasteiger partial charge < -0.3 is 9.47 Å². The van der Waals surface area contributed by atoms with Crippen LogP contribution in [0.15, 0.2) is 30.3 Å². The van der Waals surface area contributed by atoms with E-state index < -0.39 is 40.5 Å². The molecular weight excluding hydrogens is 405 g/mol. The molecule has 1 amide bonds. The minimum atomic E-state index is -1.80. The number of esters is 1. The Morgan fingerprint density at radius 3 is 2.38 bits per heavy atom.